The number of carbonyl (C=O) groups excluding carboxylic acids is 1. The summed E-state index contributed by atoms with van der Waals surface area (Å²) >= 11 is 0. The number of ether oxygens (including phenoxy) is 1. The predicted molar refractivity (Wildman–Crippen MR) is 70.9 cm³/mol. The molecule has 17 heavy (non-hydrogen) atoms. The van der Waals surface area contributed by atoms with Crippen LogP contribution < -0.4 is 11.1 Å². The molecule has 3 N–H and O–H groups in total. The van der Waals surface area contributed by atoms with Crippen LogP contribution in [0.15, 0.2) is 0 Å². The molecular weight excluding hydrogens is 216 g/mol. The minimum absolute atomic E-state index is 0.278. The van der Waals surface area contributed by atoms with Gasteiger partial charge in [-0.3, -0.25) is 4.79 Å². The Morgan fingerprint density at radius 2 is 1.88 bits per heavy atom. The summed E-state index contributed by atoms with van der Waals surface area (Å²) in [5, 5.41) is 3.22. The second-order valence-corrected chi connectivity index (χ2v) is 4.69. The molecule has 0 aliphatic rings. The summed E-state index contributed by atoms with van der Waals surface area (Å²) in [5.41, 5.74) is 4.84. The van der Waals surface area contributed by atoms with E-state index in [0.717, 1.165) is 45.3 Å². The summed E-state index contributed by atoms with van der Waals surface area (Å²) < 4.78 is 5.47. The van der Waals surface area contributed by atoms with E-state index >= 15 is 0 Å². The van der Waals surface area contributed by atoms with Crippen LogP contribution in [0.1, 0.15) is 52.9 Å². The Labute approximate surface area is 105 Å². The third kappa shape index (κ3) is 7.34. The lowest BCUT2D eigenvalue weighted by molar-refractivity contribution is -0.124. The fourth-order valence-corrected chi connectivity index (χ4v) is 1.58. The summed E-state index contributed by atoms with van der Waals surface area (Å²) in [4.78, 5) is 11.4. The molecule has 0 aromatic heterocycles. The number of primary amides is 1. The van der Waals surface area contributed by atoms with E-state index in [2.05, 4.69) is 19.2 Å². The summed E-state index contributed by atoms with van der Waals surface area (Å²) in [6, 6.07) is 0. The zero-order valence-corrected chi connectivity index (χ0v) is 11.6. The van der Waals surface area contributed by atoms with Gasteiger partial charge in [-0.25, -0.2) is 0 Å². The van der Waals surface area contributed by atoms with Gasteiger partial charge in [0.25, 0.3) is 0 Å². The van der Waals surface area contributed by atoms with Crippen molar-refractivity contribution >= 4 is 5.91 Å². The van der Waals surface area contributed by atoms with Gasteiger partial charge in [-0.15, -0.1) is 0 Å². The quantitative estimate of drug-likeness (QED) is 0.545. The molecule has 0 rings (SSSR count). The zero-order chi connectivity index (χ0) is 13.1. The van der Waals surface area contributed by atoms with Crippen LogP contribution >= 0.6 is 0 Å². The van der Waals surface area contributed by atoms with Crippen molar-refractivity contribution in [3.05, 3.63) is 0 Å². The Bertz CT molecular complexity index is 210. The Kier molecular flexibility index (Phi) is 9.09. The van der Waals surface area contributed by atoms with Crippen molar-refractivity contribution in [2.75, 3.05) is 19.8 Å². The molecule has 0 radical (unpaired) electrons. The van der Waals surface area contributed by atoms with Crippen LogP contribution in [0.2, 0.25) is 0 Å². The Hall–Kier alpha value is -0.610. The van der Waals surface area contributed by atoms with Crippen molar-refractivity contribution in [2.45, 2.75) is 58.4 Å². The number of amides is 1. The van der Waals surface area contributed by atoms with Gasteiger partial charge in [0.1, 0.15) is 0 Å². The lowest BCUT2D eigenvalue weighted by Gasteiger charge is -2.27. The zero-order valence-electron chi connectivity index (χ0n) is 11.6. The van der Waals surface area contributed by atoms with Gasteiger partial charge >= 0.3 is 0 Å². The maximum absolute atomic E-state index is 11.4. The first kappa shape index (κ1) is 16.4. The van der Waals surface area contributed by atoms with E-state index in [9.17, 15) is 4.79 Å². The predicted octanol–water partition coefficient (Wildman–Crippen LogP) is 1.83. The molecule has 0 bridgehead atoms. The first-order chi connectivity index (χ1) is 8.06. The highest BCUT2D eigenvalue weighted by Gasteiger charge is 2.29. The molecular formula is C13H28N2O2. The average Bonchev–Trinajstić information content (AvgIpc) is 2.31. The van der Waals surface area contributed by atoms with E-state index in [-0.39, 0.29) is 5.91 Å². The average molecular weight is 244 g/mol. The second-order valence-electron chi connectivity index (χ2n) is 4.69. The molecule has 0 spiro atoms. The van der Waals surface area contributed by atoms with Crippen molar-refractivity contribution in [1.82, 2.24) is 5.32 Å². The molecule has 0 aromatic rings. The SMILES string of the molecule is CCCCOCCCC(C)(NCCC)C(N)=O. The number of unbranched alkanes of at least 4 members (excludes halogenated alkanes) is 1. The molecule has 1 amide bonds. The molecule has 0 aliphatic heterocycles. The lowest BCUT2D eigenvalue weighted by atomic mass is 9.95. The van der Waals surface area contributed by atoms with Crippen LogP contribution in [0.25, 0.3) is 0 Å². The fourth-order valence-electron chi connectivity index (χ4n) is 1.58. The van der Waals surface area contributed by atoms with Crippen LogP contribution in [0.3, 0.4) is 0 Å². The van der Waals surface area contributed by atoms with Crippen molar-refractivity contribution < 1.29 is 9.53 Å². The normalized spacial score (nSPS) is 14.5. The maximum Gasteiger partial charge on any atom is 0.237 e. The van der Waals surface area contributed by atoms with E-state index in [1.165, 1.54) is 0 Å². The Balaban J connectivity index is 3.81. The number of nitrogens with one attached hydrogen (secondary N) is 1. The number of hydrogen-bond donors (Lipinski definition) is 2. The van der Waals surface area contributed by atoms with Gasteiger partial charge in [-0.2, -0.15) is 0 Å². The van der Waals surface area contributed by atoms with Crippen molar-refractivity contribution in [3.8, 4) is 0 Å². The summed E-state index contributed by atoms with van der Waals surface area (Å²) in [6.07, 6.45) is 4.84. The molecule has 1 unspecified atom stereocenters. The number of rotatable bonds is 11. The number of carbonyl (C=O) groups is 1. The van der Waals surface area contributed by atoms with Gasteiger partial charge < -0.3 is 15.8 Å². The first-order valence-corrected chi connectivity index (χ1v) is 6.69. The van der Waals surface area contributed by atoms with Crippen LogP contribution in [0.4, 0.5) is 0 Å². The van der Waals surface area contributed by atoms with Crippen molar-refractivity contribution in [2.24, 2.45) is 5.73 Å². The maximum atomic E-state index is 11.4. The molecule has 0 heterocycles. The van der Waals surface area contributed by atoms with E-state index in [0.29, 0.717) is 6.61 Å². The van der Waals surface area contributed by atoms with Crippen LogP contribution in [-0.2, 0) is 9.53 Å². The molecule has 4 nitrogen and oxygen atoms in total. The van der Waals surface area contributed by atoms with Crippen LogP contribution in [0.5, 0.6) is 0 Å². The minimum atomic E-state index is -0.593. The monoisotopic (exact) mass is 244 g/mol. The standard InChI is InChI=1S/C13H28N2O2/c1-4-6-10-17-11-7-8-13(3,12(14)16)15-9-5-2/h15H,4-11H2,1-3H3,(H2,14,16). The van der Waals surface area contributed by atoms with Gasteiger partial charge in [0.2, 0.25) is 5.91 Å². The minimum Gasteiger partial charge on any atom is -0.381 e. The third-order valence-corrected chi connectivity index (χ3v) is 2.92. The molecule has 1 atom stereocenters. The summed E-state index contributed by atoms with van der Waals surface area (Å²) in [7, 11) is 0. The summed E-state index contributed by atoms with van der Waals surface area (Å²) in [5.74, 6) is -0.278. The highest BCUT2D eigenvalue weighted by molar-refractivity contribution is 5.84. The highest BCUT2D eigenvalue weighted by atomic mass is 16.5. The topological polar surface area (TPSA) is 64.3 Å². The van der Waals surface area contributed by atoms with Crippen molar-refractivity contribution in [3.63, 3.8) is 0 Å². The molecule has 0 saturated carbocycles. The Morgan fingerprint density at radius 1 is 1.24 bits per heavy atom. The van der Waals surface area contributed by atoms with Gasteiger partial charge in [0.15, 0.2) is 0 Å². The van der Waals surface area contributed by atoms with E-state index in [1.807, 2.05) is 6.92 Å². The summed E-state index contributed by atoms with van der Waals surface area (Å²) in [6.45, 7) is 8.42. The first-order valence-electron chi connectivity index (χ1n) is 6.69. The van der Waals surface area contributed by atoms with Gasteiger partial charge in [-0.05, 0) is 39.2 Å². The van der Waals surface area contributed by atoms with Crippen molar-refractivity contribution in [1.29, 1.82) is 0 Å². The molecule has 0 aliphatic carbocycles. The van der Waals surface area contributed by atoms with Crippen LogP contribution in [0, 0.1) is 0 Å². The molecule has 0 aromatic carbocycles. The molecule has 0 saturated heterocycles. The van der Waals surface area contributed by atoms with Gasteiger partial charge in [0.05, 0.1) is 5.54 Å². The number of nitrogens with two attached hydrogens (primary N) is 1. The van der Waals surface area contributed by atoms with Gasteiger partial charge in [-0.1, -0.05) is 20.3 Å². The highest BCUT2D eigenvalue weighted by Crippen LogP contribution is 2.12. The fraction of sp³-hybridized carbons (Fsp3) is 0.923. The largest absolute Gasteiger partial charge is 0.381 e. The number of hydrogen-bond acceptors (Lipinski definition) is 3. The van der Waals surface area contributed by atoms with Gasteiger partial charge in [0, 0.05) is 13.2 Å². The van der Waals surface area contributed by atoms with E-state index < -0.39 is 5.54 Å². The molecule has 102 valence electrons. The lowest BCUT2D eigenvalue weighted by Crippen LogP contribution is -2.53. The second kappa shape index (κ2) is 9.42. The molecule has 4 heteroatoms. The molecule has 0 fully saturated rings. The van der Waals surface area contributed by atoms with E-state index in [4.69, 9.17) is 10.5 Å². The van der Waals surface area contributed by atoms with Crippen LogP contribution in [-0.4, -0.2) is 31.2 Å². The van der Waals surface area contributed by atoms with E-state index in [1.54, 1.807) is 0 Å². The third-order valence-electron chi connectivity index (χ3n) is 2.92. The Morgan fingerprint density at radius 3 is 2.41 bits per heavy atom. The smallest absolute Gasteiger partial charge is 0.237 e.